The van der Waals surface area contributed by atoms with Gasteiger partial charge in [0.2, 0.25) is 0 Å². The Hall–Kier alpha value is -0.780. The van der Waals surface area contributed by atoms with E-state index in [-0.39, 0.29) is 42.3 Å². The highest BCUT2D eigenvalue weighted by atomic mass is 14.2. The molecule has 0 aromatic heterocycles. The second-order valence-electron chi connectivity index (χ2n) is 2.24. The Labute approximate surface area is 71.8 Å². The summed E-state index contributed by atoms with van der Waals surface area (Å²) in [6.45, 7) is 0. The molecular weight excluding hydrogens is 120 g/mol. The van der Waals surface area contributed by atoms with Crippen LogP contribution in [0.15, 0.2) is 35.8 Å². The molecule has 2 aliphatic rings. The van der Waals surface area contributed by atoms with Crippen LogP contribution in [0.4, 0.5) is 0 Å². The fourth-order valence-electron chi connectivity index (χ4n) is 1.06. The van der Waals surface area contributed by atoms with E-state index in [1.165, 1.54) is 0 Å². The standard InChI is InChI=1S/C10H12/c1-2-6-9(5-1)10-7-3-4-8-10/h1-2,5-7,9H,3-4,8H2/i1D,2D,5D,6D,7D,8D2. The Bertz CT molecular complexity index is 445. The monoisotopic (exact) mass is 139 g/mol. The van der Waals surface area contributed by atoms with Gasteiger partial charge in [0.25, 0.3) is 0 Å². The largest absolute Gasteiger partial charge is 0.0844 e. The first-order valence-electron chi connectivity index (χ1n) is 6.82. The van der Waals surface area contributed by atoms with Gasteiger partial charge in [-0.05, 0) is 19.2 Å². The van der Waals surface area contributed by atoms with Crippen molar-refractivity contribution < 1.29 is 9.60 Å². The summed E-state index contributed by atoms with van der Waals surface area (Å²) in [5.74, 6) is -1.000. The first-order valence-corrected chi connectivity index (χ1v) is 3.32. The van der Waals surface area contributed by atoms with E-state index in [0.717, 1.165) is 0 Å². The third-order valence-electron chi connectivity index (χ3n) is 1.54. The third kappa shape index (κ3) is 0.942. The molecule has 0 nitrogen and oxygen atoms in total. The molecule has 0 heterocycles. The molecule has 10 heavy (non-hydrogen) atoms. The van der Waals surface area contributed by atoms with Crippen LogP contribution in [-0.4, -0.2) is 0 Å². The van der Waals surface area contributed by atoms with Crippen LogP contribution in [0, 0.1) is 5.92 Å². The minimum absolute atomic E-state index is 0.0968. The molecule has 0 radical (unpaired) electrons. The van der Waals surface area contributed by atoms with E-state index in [1.54, 1.807) is 0 Å². The second kappa shape index (κ2) is 2.45. The van der Waals surface area contributed by atoms with Crippen molar-refractivity contribution in [1.29, 1.82) is 0 Å². The highest BCUT2D eigenvalue weighted by Gasteiger charge is 2.12. The van der Waals surface area contributed by atoms with E-state index in [1.807, 2.05) is 0 Å². The maximum Gasteiger partial charge on any atom is 0.0620 e. The molecule has 0 fully saturated rings. The predicted molar refractivity (Wildman–Crippen MR) is 43.7 cm³/mol. The van der Waals surface area contributed by atoms with Crippen LogP contribution in [0.25, 0.3) is 0 Å². The topological polar surface area (TPSA) is 0 Å². The van der Waals surface area contributed by atoms with Gasteiger partial charge in [0.05, 0.1) is 6.85 Å². The van der Waals surface area contributed by atoms with Gasteiger partial charge in [-0.1, -0.05) is 35.8 Å². The van der Waals surface area contributed by atoms with Crippen molar-refractivity contribution in [1.82, 2.24) is 0 Å². The molecule has 0 saturated carbocycles. The van der Waals surface area contributed by atoms with Gasteiger partial charge in [0.15, 0.2) is 0 Å². The van der Waals surface area contributed by atoms with E-state index < -0.39 is 12.3 Å². The van der Waals surface area contributed by atoms with E-state index in [2.05, 4.69) is 0 Å². The molecule has 0 unspecified atom stereocenters. The number of hydrogen-bond acceptors (Lipinski definition) is 0. The first kappa shape index (κ1) is 2.10. The zero-order chi connectivity index (χ0) is 13.0. The van der Waals surface area contributed by atoms with Crippen molar-refractivity contribution in [2.45, 2.75) is 19.2 Å². The molecule has 0 aliphatic heterocycles. The number of rotatable bonds is 1. The summed E-state index contributed by atoms with van der Waals surface area (Å²) in [6, 6.07) is -1.01. The highest BCUT2D eigenvalue weighted by molar-refractivity contribution is 5.29. The lowest BCUT2D eigenvalue weighted by Crippen LogP contribution is -1.90. The van der Waals surface area contributed by atoms with Crippen LogP contribution >= 0.6 is 0 Å². The fourth-order valence-corrected chi connectivity index (χ4v) is 1.06. The van der Waals surface area contributed by atoms with Gasteiger partial charge in [0.1, 0.15) is 0 Å². The fraction of sp³-hybridized carbons (Fsp3) is 0.400. The normalized spacial score (nSPS) is 44.2. The van der Waals surface area contributed by atoms with Crippen molar-refractivity contribution in [2.24, 2.45) is 5.92 Å². The Kier molecular flexibility index (Phi) is 0.515. The van der Waals surface area contributed by atoms with Gasteiger partial charge in [-0.3, -0.25) is 0 Å². The lowest BCUT2D eigenvalue weighted by Gasteiger charge is -2.04. The second-order valence-corrected chi connectivity index (χ2v) is 2.24. The molecule has 0 aromatic carbocycles. The van der Waals surface area contributed by atoms with E-state index in [4.69, 9.17) is 9.60 Å². The average molecular weight is 139 g/mol. The van der Waals surface area contributed by atoms with Gasteiger partial charge < -0.3 is 0 Å². The van der Waals surface area contributed by atoms with Gasteiger partial charge in [0, 0.05) is 8.66 Å². The Morgan fingerprint density at radius 2 is 2.30 bits per heavy atom. The molecule has 0 bridgehead atoms. The maximum absolute atomic E-state index is 7.80. The van der Waals surface area contributed by atoms with E-state index in [9.17, 15) is 0 Å². The molecule has 0 spiro atoms. The minimum Gasteiger partial charge on any atom is -0.0844 e. The summed E-state index contributed by atoms with van der Waals surface area (Å²) in [7, 11) is 0. The van der Waals surface area contributed by atoms with Gasteiger partial charge in [-0.2, -0.15) is 0 Å². The molecule has 0 aromatic rings. The maximum atomic E-state index is 7.80. The van der Waals surface area contributed by atoms with Gasteiger partial charge in [-0.15, -0.1) is 0 Å². The summed E-state index contributed by atoms with van der Waals surface area (Å²) in [4.78, 5) is 0. The van der Waals surface area contributed by atoms with Gasteiger partial charge >= 0.3 is 0 Å². The third-order valence-corrected chi connectivity index (χ3v) is 1.54. The molecule has 2 rings (SSSR count). The zero-order valence-electron chi connectivity index (χ0n) is 12.5. The van der Waals surface area contributed by atoms with Crippen LogP contribution in [0.1, 0.15) is 28.8 Å². The summed E-state index contributed by atoms with van der Waals surface area (Å²) in [6.07, 6.45) is -1.23. The smallest absolute Gasteiger partial charge is 0.0620 e. The summed E-state index contributed by atoms with van der Waals surface area (Å²) >= 11 is 0. The first-order chi connectivity index (χ1) is 7.77. The van der Waals surface area contributed by atoms with Crippen molar-refractivity contribution in [2.75, 3.05) is 0 Å². The number of allylic oxidation sites excluding steroid dienone is 6. The van der Waals surface area contributed by atoms with Crippen LogP contribution in [0.5, 0.6) is 0 Å². The Morgan fingerprint density at radius 3 is 2.90 bits per heavy atom. The van der Waals surface area contributed by atoms with Crippen molar-refractivity contribution in [3.63, 3.8) is 0 Å². The Balaban J connectivity index is 2.54. The summed E-state index contributed by atoms with van der Waals surface area (Å²) in [5, 5.41) is 0. The molecule has 52 valence electrons. The lowest BCUT2D eigenvalue weighted by atomic mass is 10.0. The lowest BCUT2D eigenvalue weighted by molar-refractivity contribution is 0.846. The van der Waals surface area contributed by atoms with Crippen molar-refractivity contribution in [3.8, 4) is 0 Å². The molecule has 2 aliphatic carbocycles. The summed E-state index contributed by atoms with van der Waals surface area (Å²) < 4.78 is 53.7. The minimum atomic E-state index is -1.70. The zero-order valence-corrected chi connectivity index (χ0v) is 5.49. The number of hydrogen-bond donors (Lipinski definition) is 0. The average Bonchev–Trinajstić information content (AvgIpc) is 2.61. The van der Waals surface area contributed by atoms with Gasteiger partial charge in [-0.25, -0.2) is 0 Å². The molecule has 0 heteroatoms. The van der Waals surface area contributed by atoms with Crippen LogP contribution in [0.2, 0.25) is 0 Å². The van der Waals surface area contributed by atoms with E-state index >= 15 is 0 Å². The van der Waals surface area contributed by atoms with Crippen LogP contribution in [-0.2, 0) is 0 Å². The van der Waals surface area contributed by atoms with Crippen LogP contribution < -0.4 is 0 Å². The van der Waals surface area contributed by atoms with E-state index in [0.29, 0.717) is 6.42 Å². The molecule has 0 saturated heterocycles. The quantitative estimate of drug-likeness (QED) is 0.490. The van der Waals surface area contributed by atoms with Crippen LogP contribution in [0.3, 0.4) is 0 Å². The summed E-state index contributed by atoms with van der Waals surface area (Å²) in [5.41, 5.74) is 0.0968. The highest BCUT2D eigenvalue weighted by Crippen LogP contribution is 2.28. The predicted octanol–water partition coefficient (Wildman–Crippen LogP) is 2.84. The van der Waals surface area contributed by atoms with Crippen molar-refractivity contribution >= 4 is 0 Å². The molecule has 0 amide bonds. The SMILES string of the molecule is [2H]C1=C(C2C([2H])=C([2H])C([2H])=C2[2H])C([2H])([2H])CC1. The van der Waals surface area contributed by atoms with Crippen molar-refractivity contribution in [3.05, 3.63) is 35.8 Å². The molecule has 0 atom stereocenters. The Morgan fingerprint density at radius 1 is 1.50 bits per heavy atom. The molecule has 0 N–H and O–H groups in total. The molecular formula is C10H12.